The first-order valence-electron chi connectivity index (χ1n) is 8.69. The molecule has 3 rings (SSSR count). The van der Waals surface area contributed by atoms with Crippen molar-refractivity contribution < 1.29 is 13.3 Å². The van der Waals surface area contributed by atoms with Gasteiger partial charge in [-0.15, -0.1) is 11.7 Å². The van der Waals surface area contributed by atoms with E-state index in [1.54, 1.807) is 23.2 Å². The van der Waals surface area contributed by atoms with Crippen molar-refractivity contribution in [3.05, 3.63) is 42.0 Å². The van der Waals surface area contributed by atoms with Gasteiger partial charge in [-0.2, -0.15) is 4.68 Å². The van der Waals surface area contributed by atoms with Crippen LogP contribution in [0.1, 0.15) is 13.3 Å². The second-order valence-electron chi connectivity index (χ2n) is 6.52. The molecule has 3 heterocycles. The van der Waals surface area contributed by atoms with Crippen LogP contribution in [0.3, 0.4) is 0 Å². The summed E-state index contributed by atoms with van der Waals surface area (Å²) in [4.78, 5) is 5.35. The van der Waals surface area contributed by atoms with E-state index >= 15 is 0 Å². The molecular formula is C17H24N5O2S2+. The van der Waals surface area contributed by atoms with Gasteiger partial charge in [-0.25, -0.2) is 8.42 Å². The molecule has 26 heavy (non-hydrogen) atoms. The van der Waals surface area contributed by atoms with Gasteiger partial charge in [0.25, 0.3) is 0 Å². The van der Waals surface area contributed by atoms with Crippen molar-refractivity contribution in [2.24, 2.45) is 0 Å². The maximum Gasteiger partial charge on any atom is 0.203 e. The maximum atomic E-state index is 11.8. The van der Waals surface area contributed by atoms with E-state index in [-0.39, 0.29) is 17.5 Å². The third-order valence-electron chi connectivity index (χ3n) is 4.77. The Morgan fingerprint density at radius 2 is 2.31 bits per heavy atom. The average Bonchev–Trinajstić information content (AvgIpc) is 3.14. The molecule has 0 bridgehead atoms. The zero-order chi connectivity index (χ0) is 18.7. The summed E-state index contributed by atoms with van der Waals surface area (Å²) in [7, 11) is -2.91. The predicted molar refractivity (Wildman–Crippen MR) is 103 cm³/mol. The summed E-state index contributed by atoms with van der Waals surface area (Å²) in [5, 5.41) is 4.71. The Kier molecular flexibility index (Phi) is 5.69. The van der Waals surface area contributed by atoms with Gasteiger partial charge in [0.05, 0.1) is 12.3 Å². The number of nitrogens with one attached hydrogen (secondary N) is 1. The molecule has 1 N–H and O–H groups in total. The molecule has 0 amide bonds. The molecule has 1 aliphatic rings. The molecular weight excluding hydrogens is 370 g/mol. The third kappa shape index (κ3) is 3.94. The largest absolute Gasteiger partial charge is 0.313 e. The van der Waals surface area contributed by atoms with Crippen molar-refractivity contribution in [2.75, 3.05) is 18.1 Å². The fourth-order valence-corrected chi connectivity index (χ4v) is 5.48. The Labute approximate surface area is 158 Å². The Morgan fingerprint density at radius 3 is 2.88 bits per heavy atom. The van der Waals surface area contributed by atoms with Crippen molar-refractivity contribution in [3.8, 4) is 11.4 Å². The molecule has 0 spiro atoms. The van der Waals surface area contributed by atoms with Crippen LogP contribution < -0.4 is 4.90 Å². The van der Waals surface area contributed by atoms with E-state index in [2.05, 4.69) is 18.5 Å². The SMILES string of the molecule is C=CCn1c(-c2cccnc2)nn(C[NH+](CC)[C@H]2CCS(=O)(=O)C2)c1=S. The summed E-state index contributed by atoms with van der Waals surface area (Å²) in [6.07, 6.45) is 5.96. The standard InChI is InChI=1S/C17H23N5O2S2/c1-3-9-21-16(14-6-5-8-18-11-14)19-22(17(21)25)13-20(4-2)15-7-10-26(23,24)12-15/h3,5-6,8,11,15H,1,4,7,9-10,12-13H2,2H3/p+1/t15-/m0/s1. The minimum Gasteiger partial charge on any atom is -0.313 e. The molecule has 0 aromatic carbocycles. The van der Waals surface area contributed by atoms with Crippen LogP contribution in [0.4, 0.5) is 0 Å². The molecule has 2 aromatic heterocycles. The molecule has 1 saturated heterocycles. The number of hydrogen-bond acceptors (Lipinski definition) is 5. The zero-order valence-corrected chi connectivity index (χ0v) is 16.5. The summed E-state index contributed by atoms with van der Waals surface area (Å²) >= 11 is 5.63. The number of nitrogens with zero attached hydrogens (tertiary/aromatic N) is 4. The predicted octanol–water partition coefficient (Wildman–Crippen LogP) is 0.711. The van der Waals surface area contributed by atoms with Crippen LogP contribution in [0.2, 0.25) is 0 Å². The second kappa shape index (κ2) is 7.81. The minimum atomic E-state index is -2.91. The topological polar surface area (TPSA) is 74.2 Å². The molecule has 1 aliphatic heterocycles. The number of hydrogen-bond donors (Lipinski definition) is 1. The lowest BCUT2D eigenvalue weighted by Crippen LogP contribution is -3.15. The Morgan fingerprint density at radius 1 is 1.50 bits per heavy atom. The zero-order valence-electron chi connectivity index (χ0n) is 14.8. The molecule has 7 nitrogen and oxygen atoms in total. The number of quaternary nitrogens is 1. The first-order chi connectivity index (χ1) is 12.4. The molecule has 0 saturated carbocycles. The first kappa shape index (κ1) is 18.9. The highest BCUT2D eigenvalue weighted by atomic mass is 32.2. The molecule has 0 radical (unpaired) electrons. The van der Waals surface area contributed by atoms with Gasteiger partial charge in [0, 0.05) is 30.9 Å². The van der Waals surface area contributed by atoms with Crippen LogP contribution in [0.25, 0.3) is 11.4 Å². The molecule has 0 aliphatic carbocycles. The first-order valence-corrected chi connectivity index (χ1v) is 10.9. The summed E-state index contributed by atoms with van der Waals surface area (Å²) in [6, 6.07) is 3.91. The van der Waals surface area contributed by atoms with Gasteiger partial charge in [-0.3, -0.25) is 9.55 Å². The average molecular weight is 395 g/mol. The lowest BCUT2D eigenvalue weighted by Gasteiger charge is -2.23. The van der Waals surface area contributed by atoms with Crippen LogP contribution in [-0.2, 0) is 23.1 Å². The van der Waals surface area contributed by atoms with E-state index in [1.165, 1.54) is 4.90 Å². The quantitative estimate of drug-likeness (QED) is 0.553. The lowest BCUT2D eigenvalue weighted by atomic mass is 10.2. The lowest BCUT2D eigenvalue weighted by molar-refractivity contribution is -0.943. The van der Waals surface area contributed by atoms with Gasteiger partial charge in [0.15, 0.2) is 22.3 Å². The normalized spacial score (nSPS) is 20.1. The Bertz CT molecular complexity index is 934. The van der Waals surface area contributed by atoms with Gasteiger partial charge in [0.2, 0.25) is 4.77 Å². The number of allylic oxidation sites excluding steroid dienone is 1. The van der Waals surface area contributed by atoms with Crippen LogP contribution in [0, 0.1) is 4.77 Å². The number of sulfone groups is 1. The number of pyridine rings is 1. The molecule has 1 fully saturated rings. The Hall–Kier alpha value is -1.84. The monoisotopic (exact) mass is 394 g/mol. The van der Waals surface area contributed by atoms with Crippen LogP contribution >= 0.6 is 12.2 Å². The fraction of sp³-hybridized carbons (Fsp3) is 0.471. The molecule has 140 valence electrons. The van der Waals surface area contributed by atoms with Crippen molar-refractivity contribution >= 4 is 22.1 Å². The van der Waals surface area contributed by atoms with Crippen molar-refractivity contribution in [2.45, 2.75) is 32.6 Å². The highest BCUT2D eigenvalue weighted by molar-refractivity contribution is 7.91. The van der Waals surface area contributed by atoms with Crippen LogP contribution in [-0.4, -0.2) is 51.8 Å². The highest BCUT2D eigenvalue weighted by Gasteiger charge is 2.35. The Balaban J connectivity index is 1.92. The van der Waals surface area contributed by atoms with Crippen molar-refractivity contribution in [1.29, 1.82) is 0 Å². The van der Waals surface area contributed by atoms with Gasteiger partial charge in [0.1, 0.15) is 11.8 Å². The van der Waals surface area contributed by atoms with Crippen molar-refractivity contribution in [1.82, 2.24) is 19.3 Å². The summed E-state index contributed by atoms with van der Waals surface area (Å²) in [6.45, 7) is 7.79. The fourth-order valence-electron chi connectivity index (χ4n) is 3.39. The number of aromatic nitrogens is 4. The van der Waals surface area contributed by atoms with E-state index in [0.717, 1.165) is 17.9 Å². The summed E-state index contributed by atoms with van der Waals surface area (Å²) in [5.74, 6) is 1.27. The maximum absolute atomic E-state index is 11.8. The van der Waals surface area contributed by atoms with E-state index in [0.29, 0.717) is 24.4 Å². The van der Waals surface area contributed by atoms with Gasteiger partial charge in [-0.05, 0) is 31.3 Å². The molecule has 2 aromatic rings. The van der Waals surface area contributed by atoms with Crippen LogP contribution in [0.15, 0.2) is 37.2 Å². The molecule has 1 unspecified atom stereocenters. The van der Waals surface area contributed by atoms with E-state index in [9.17, 15) is 8.42 Å². The number of rotatable bonds is 7. The second-order valence-corrected chi connectivity index (χ2v) is 9.11. The highest BCUT2D eigenvalue weighted by Crippen LogP contribution is 2.17. The van der Waals surface area contributed by atoms with Crippen LogP contribution in [0.5, 0.6) is 0 Å². The van der Waals surface area contributed by atoms with Crippen molar-refractivity contribution in [3.63, 3.8) is 0 Å². The van der Waals surface area contributed by atoms with Gasteiger partial charge >= 0.3 is 0 Å². The minimum absolute atomic E-state index is 0.0956. The smallest absolute Gasteiger partial charge is 0.203 e. The van der Waals surface area contributed by atoms with E-state index in [1.807, 2.05) is 16.7 Å². The molecule has 2 atom stereocenters. The van der Waals surface area contributed by atoms with Gasteiger partial charge < -0.3 is 4.90 Å². The third-order valence-corrected chi connectivity index (χ3v) is 6.97. The summed E-state index contributed by atoms with van der Waals surface area (Å²) < 4.78 is 28.0. The van der Waals surface area contributed by atoms with E-state index in [4.69, 9.17) is 17.3 Å². The van der Waals surface area contributed by atoms with E-state index < -0.39 is 9.84 Å². The molecule has 9 heteroatoms. The summed E-state index contributed by atoms with van der Waals surface area (Å²) in [5.41, 5.74) is 0.890. The van der Waals surface area contributed by atoms with Gasteiger partial charge in [-0.1, -0.05) is 6.08 Å².